The predicted molar refractivity (Wildman–Crippen MR) is 47.4 cm³/mol. The number of pyridine rings is 1. The van der Waals surface area contributed by atoms with E-state index in [0.29, 0.717) is 5.88 Å². The van der Waals surface area contributed by atoms with Crippen LogP contribution in [0.4, 0.5) is 0 Å². The van der Waals surface area contributed by atoms with Gasteiger partial charge in [-0.2, -0.15) is 0 Å². The van der Waals surface area contributed by atoms with Crippen molar-refractivity contribution in [3.63, 3.8) is 0 Å². The summed E-state index contributed by atoms with van der Waals surface area (Å²) in [5, 5.41) is 0. The van der Waals surface area contributed by atoms with Crippen molar-refractivity contribution in [2.45, 2.75) is 6.92 Å². The van der Waals surface area contributed by atoms with Gasteiger partial charge in [0.1, 0.15) is 0 Å². The number of aryl methyl sites for hydroxylation is 1. The quantitative estimate of drug-likeness (QED) is 0.695. The summed E-state index contributed by atoms with van der Waals surface area (Å²) in [6, 6.07) is 3.85. The molecule has 2 rings (SSSR count). The van der Waals surface area contributed by atoms with Crippen LogP contribution < -0.4 is 4.74 Å². The molecule has 0 aliphatic rings. The molecule has 0 amide bonds. The maximum atomic E-state index is 5.05. The number of nitrogens with zero attached hydrogens (tertiary/aromatic N) is 1. The molecule has 0 aromatic carbocycles. The van der Waals surface area contributed by atoms with Gasteiger partial charge in [0.25, 0.3) is 0 Å². The standard InChI is InChI=1S/C9H10N2O/c1-6-5-8(12-2)11-7-3-4-10-9(6)7/h3-5,10H,1-2H3. The molecule has 0 aliphatic heterocycles. The molecule has 12 heavy (non-hydrogen) atoms. The second kappa shape index (κ2) is 2.52. The minimum atomic E-state index is 0.666. The van der Waals surface area contributed by atoms with Crippen LogP contribution in [0, 0.1) is 6.92 Å². The Hall–Kier alpha value is -1.51. The van der Waals surface area contributed by atoms with E-state index in [4.69, 9.17) is 4.74 Å². The molecule has 3 heteroatoms. The summed E-state index contributed by atoms with van der Waals surface area (Å²) in [5.41, 5.74) is 3.18. The second-order valence-corrected chi connectivity index (χ2v) is 2.72. The lowest BCUT2D eigenvalue weighted by Gasteiger charge is -2.00. The number of hydrogen-bond donors (Lipinski definition) is 1. The highest BCUT2D eigenvalue weighted by Gasteiger charge is 2.02. The van der Waals surface area contributed by atoms with Crippen LogP contribution in [0.1, 0.15) is 5.56 Å². The number of methoxy groups -OCH3 is 1. The van der Waals surface area contributed by atoms with Gasteiger partial charge in [0.15, 0.2) is 0 Å². The topological polar surface area (TPSA) is 37.9 Å². The molecule has 2 aromatic heterocycles. The van der Waals surface area contributed by atoms with Gasteiger partial charge in [-0.15, -0.1) is 0 Å². The van der Waals surface area contributed by atoms with Crippen molar-refractivity contribution in [2.75, 3.05) is 7.11 Å². The Kier molecular flexibility index (Phi) is 1.50. The van der Waals surface area contributed by atoms with Gasteiger partial charge in [-0.05, 0) is 18.6 Å². The number of H-pyrrole nitrogens is 1. The lowest BCUT2D eigenvalue weighted by atomic mass is 10.2. The van der Waals surface area contributed by atoms with E-state index in [1.54, 1.807) is 7.11 Å². The van der Waals surface area contributed by atoms with Gasteiger partial charge in [-0.3, -0.25) is 0 Å². The lowest BCUT2D eigenvalue weighted by molar-refractivity contribution is 0.399. The van der Waals surface area contributed by atoms with E-state index >= 15 is 0 Å². The van der Waals surface area contributed by atoms with Crippen LogP contribution in [0.3, 0.4) is 0 Å². The van der Waals surface area contributed by atoms with Crippen LogP contribution in [-0.2, 0) is 0 Å². The highest BCUT2D eigenvalue weighted by atomic mass is 16.5. The van der Waals surface area contributed by atoms with Gasteiger partial charge in [-0.25, -0.2) is 4.98 Å². The zero-order chi connectivity index (χ0) is 8.55. The molecule has 0 spiro atoms. The van der Waals surface area contributed by atoms with E-state index < -0.39 is 0 Å². The minimum absolute atomic E-state index is 0.666. The molecule has 0 fully saturated rings. The fraction of sp³-hybridized carbons (Fsp3) is 0.222. The highest BCUT2D eigenvalue weighted by Crippen LogP contribution is 2.19. The maximum Gasteiger partial charge on any atom is 0.213 e. The summed E-state index contributed by atoms with van der Waals surface area (Å²) >= 11 is 0. The van der Waals surface area contributed by atoms with Crippen LogP contribution in [0.15, 0.2) is 18.3 Å². The van der Waals surface area contributed by atoms with Gasteiger partial charge in [0.2, 0.25) is 5.88 Å². The molecule has 3 nitrogen and oxygen atoms in total. The molecule has 2 heterocycles. The van der Waals surface area contributed by atoms with Gasteiger partial charge < -0.3 is 9.72 Å². The first kappa shape index (κ1) is 7.16. The van der Waals surface area contributed by atoms with Crippen LogP contribution in [0.5, 0.6) is 5.88 Å². The van der Waals surface area contributed by atoms with Gasteiger partial charge in [0, 0.05) is 12.3 Å². The summed E-state index contributed by atoms with van der Waals surface area (Å²) in [5.74, 6) is 0.666. The molecule has 0 unspecified atom stereocenters. The predicted octanol–water partition coefficient (Wildman–Crippen LogP) is 1.88. The van der Waals surface area contributed by atoms with E-state index in [-0.39, 0.29) is 0 Å². The van der Waals surface area contributed by atoms with Gasteiger partial charge in [0.05, 0.1) is 18.1 Å². The summed E-state index contributed by atoms with van der Waals surface area (Å²) < 4.78 is 5.05. The average Bonchev–Trinajstić information content (AvgIpc) is 2.52. The Morgan fingerprint density at radius 2 is 2.33 bits per heavy atom. The Morgan fingerprint density at radius 1 is 1.50 bits per heavy atom. The highest BCUT2D eigenvalue weighted by molar-refractivity contribution is 5.78. The number of hydrogen-bond acceptors (Lipinski definition) is 2. The van der Waals surface area contributed by atoms with E-state index in [1.807, 2.05) is 25.3 Å². The molecule has 0 aliphatic carbocycles. The molecule has 0 saturated carbocycles. The third-order valence-electron chi connectivity index (χ3n) is 1.90. The zero-order valence-electron chi connectivity index (χ0n) is 7.09. The summed E-state index contributed by atoms with van der Waals surface area (Å²) in [6.07, 6.45) is 1.88. The molecule has 62 valence electrons. The van der Waals surface area contributed by atoms with Crippen LogP contribution >= 0.6 is 0 Å². The smallest absolute Gasteiger partial charge is 0.213 e. The first-order valence-electron chi connectivity index (χ1n) is 3.80. The molecule has 0 radical (unpaired) electrons. The summed E-state index contributed by atoms with van der Waals surface area (Å²) in [6.45, 7) is 2.03. The Labute approximate surface area is 70.4 Å². The van der Waals surface area contributed by atoms with Crippen molar-refractivity contribution in [3.8, 4) is 5.88 Å². The lowest BCUT2D eigenvalue weighted by Crippen LogP contribution is -1.88. The molecule has 0 atom stereocenters. The molecule has 0 bridgehead atoms. The van der Waals surface area contributed by atoms with Crippen molar-refractivity contribution in [2.24, 2.45) is 0 Å². The number of nitrogens with one attached hydrogen (secondary N) is 1. The van der Waals surface area contributed by atoms with Gasteiger partial charge >= 0.3 is 0 Å². The van der Waals surface area contributed by atoms with Crippen molar-refractivity contribution in [3.05, 3.63) is 23.9 Å². The third kappa shape index (κ3) is 0.942. The molecule has 2 aromatic rings. The number of fused-ring (bicyclic) bond motifs is 1. The Balaban J connectivity index is 2.75. The Bertz CT molecular complexity index is 406. The number of aromatic amines is 1. The van der Waals surface area contributed by atoms with Crippen molar-refractivity contribution < 1.29 is 4.74 Å². The maximum absolute atomic E-state index is 5.05. The van der Waals surface area contributed by atoms with E-state index in [1.165, 1.54) is 0 Å². The SMILES string of the molecule is COc1cc(C)c2[nH]ccc2n1. The molecule has 0 saturated heterocycles. The van der Waals surface area contributed by atoms with Gasteiger partial charge in [-0.1, -0.05) is 0 Å². The number of ether oxygens (including phenoxy) is 1. The van der Waals surface area contributed by atoms with Crippen molar-refractivity contribution in [1.82, 2.24) is 9.97 Å². The second-order valence-electron chi connectivity index (χ2n) is 2.72. The van der Waals surface area contributed by atoms with Crippen LogP contribution in [0.2, 0.25) is 0 Å². The average molecular weight is 162 g/mol. The monoisotopic (exact) mass is 162 g/mol. The molecule has 1 N–H and O–H groups in total. The molecular weight excluding hydrogens is 152 g/mol. The van der Waals surface area contributed by atoms with E-state index in [2.05, 4.69) is 9.97 Å². The minimum Gasteiger partial charge on any atom is -0.481 e. The largest absolute Gasteiger partial charge is 0.481 e. The summed E-state index contributed by atoms with van der Waals surface area (Å²) in [7, 11) is 1.63. The van der Waals surface area contributed by atoms with E-state index in [0.717, 1.165) is 16.6 Å². The molecular formula is C9H10N2O. The number of aromatic nitrogens is 2. The zero-order valence-corrected chi connectivity index (χ0v) is 7.09. The Morgan fingerprint density at radius 3 is 3.08 bits per heavy atom. The summed E-state index contributed by atoms with van der Waals surface area (Å²) in [4.78, 5) is 7.38. The van der Waals surface area contributed by atoms with Crippen molar-refractivity contribution in [1.29, 1.82) is 0 Å². The van der Waals surface area contributed by atoms with E-state index in [9.17, 15) is 0 Å². The van der Waals surface area contributed by atoms with Crippen LogP contribution in [0.25, 0.3) is 11.0 Å². The first-order valence-corrected chi connectivity index (χ1v) is 3.80. The fourth-order valence-corrected chi connectivity index (χ4v) is 1.28. The first-order chi connectivity index (χ1) is 5.81. The number of rotatable bonds is 1. The van der Waals surface area contributed by atoms with Crippen LogP contribution in [-0.4, -0.2) is 17.1 Å². The normalized spacial score (nSPS) is 10.5. The fourth-order valence-electron chi connectivity index (χ4n) is 1.28. The third-order valence-corrected chi connectivity index (χ3v) is 1.90. The van der Waals surface area contributed by atoms with Crippen molar-refractivity contribution >= 4 is 11.0 Å².